The fraction of sp³-hybridized carbons (Fsp3) is 0.0323. The van der Waals surface area contributed by atoms with E-state index in [2.05, 4.69) is 47.7 Å². The second-order valence-corrected chi connectivity index (χ2v) is 6.95. The van der Waals surface area contributed by atoms with E-state index in [9.17, 15) is 0 Å². The van der Waals surface area contributed by atoms with Crippen LogP contribution in [0.2, 0.25) is 0 Å². The van der Waals surface area contributed by atoms with E-state index in [0.717, 1.165) is 39.8 Å². The maximum atomic E-state index is 3.22. The van der Waals surface area contributed by atoms with Gasteiger partial charge in [-0.25, -0.2) is 0 Å². The lowest BCUT2D eigenvalue weighted by atomic mass is 10.1. The van der Waals surface area contributed by atoms with Gasteiger partial charge in [-0.2, -0.15) is 0 Å². The van der Waals surface area contributed by atoms with Crippen molar-refractivity contribution in [2.24, 2.45) is 0 Å². The molecule has 3 aromatic rings. The number of rotatable bonds is 0. The van der Waals surface area contributed by atoms with Crippen LogP contribution in [0.15, 0.2) is 115 Å². The van der Waals surface area contributed by atoms with E-state index in [1.165, 1.54) is 0 Å². The average molecular weight is 393 g/mol. The molecule has 0 heteroatoms. The minimum Gasteiger partial charge on any atom is -0.0807 e. The monoisotopic (exact) mass is 392 g/mol. The Morgan fingerprint density at radius 2 is 0.903 bits per heavy atom. The average Bonchev–Trinajstić information content (AvgIpc) is 3.11. The van der Waals surface area contributed by atoms with Gasteiger partial charge in [0.2, 0.25) is 0 Å². The molecule has 0 radical (unpaired) electrons. The van der Waals surface area contributed by atoms with Gasteiger partial charge >= 0.3 is 0 Å². The molecule has 0 nitrogen and oxygen atoms in total. The van der Waals surface area contributed by atoms with Crippen LogP contribution >= 0.6 is 0 Å². The molecule has 144 valence electrons. The third-order valence-corrected chi connectivity index (χ3v) is 4.59. The summed E-state index contributed by atoms with van der Waals surface area (Å²) in [7, 11) is 0. The second kappa shape index (κ2) is 10.4. The molecule has 0 aliphatic heterocycles. The van der Waals surface area contributed by atoms with Gasteiger partial charge in [-0.1, -0.05) is 78.0 Å². The molecule has 0 aromatic heterocycles. The van der Waals surface area contributed by atoms with Crippen LogP contribution in [-0.2, 0) is 0 Å². The molecule has 0 fully saturated rings. The van der Waals surface area contributed by atoms with Gasteiger partial charge in [0.1, 0.15) is 0 Å². The summed E-state index contributed by atoms with van der Waals surface area (Å²) in [4.78, 5) is 0. The molecule has 0 N–H and O–H groups in total. The molecule has 0 unspecified atom stereocenters. The number of hydrogen-bond donors (Lipinski definition) is 0. The van der Waals surface area contributed by atoms with Crippen LogP contribution in [0.4, 0.5) is 0 Å². The highest BCUT2D eigenvalue weighted by Gasteiger charge is 1.92. The molecular formula is C31H20. The first-order valence-corrected chi connectivity index (χ1v) is 10.2. The quantitative estimate of drug-likeness (QED) is 0.395. The highest BCUT2D eigenvalue weighted by molar-refractivity contribution is 5.50. The molecule has 0 atom stereocenters. The smallest absolute Gasteiger partial charge is 0.0249 e. The molecule has 1 aliphatic carbocycles. The van der Waals surface area contributed by atoms with Gasteiger partial charge < -0.3 is 0 Å². The second-order valence-electron chi connectivity index (χ2n) is 6.95. The molecule has 4 rings (SSSR count). The van der Waals surface area contributed by atoms with Crippen molar-refractivity contribution in [3.8, 4) is 35.5 Å². The maximum Gasteiger partial charge on any atom is 0.0249 e. The first kappa shape index (κ1) is 19.9. The van der Waals surface area contributed by atoms with Crippen LogP contribution in [0, 0.1) is 35.5 Å². The van der Waals surface area contributed by atoms with E-state index in [0.29, 0.717) is 0 Å². The van der Waals surface area contributed by atoms with Crippen LogP contribution in [0.1, 0.15) is 34.2 Å². The molecule has 0 saturated heterocycles. The first-order chi connectivity index (χ1) is 15.3. The summed E-state index contributed by atoms with van der Waals surface area (Å²) in [5.74, 6) is 19.2. The van der Waals surface area contributed by atoms with Gasteiger partial charge in [0, 0.05) is 33.4 Å². The molecule has 31 heavy (non-hydrogen) atoms. The summed E-state index contributed by atoms with van der Waals surface area (Å²) in [6.07, 6.45) is 11.3. The Balaban J connectivity index is 1.40. The van der Waals surface area contributed by atoms with E-state index in [-0.39, 0.29) is 0 Å². The number of benzene rings is 3. The Morgan fingerprint density at radius 3 is 1.42 bits per heavy atom. The zero-order valence-electron chi connectivity index (χ0n) is 17.1. The summed E-state index contributed by atoms with van der Waals surface area (Å²) in [6.45, 7) is 0. The number of hydrogen-bond acceptors (Lipinski definition) is 0. The molecule has 0 spiro atoms. The molecular weight excluding hydrogens is 372 g/mol. The van der Waals surface area contributed by atoms with Gasteiger partial charge in [-0.3, -0.25) is 0 Å². The van der Waals surface area contributed by atoms with Gasteiger partial charge in [-0.15, -0.1) is 0 Å². The molecule has 0 heterocycles. The predicted molar refractivity (Wildman–Crippen MR) is 129 cm³/mol. The van der Waals surface area contributed by atoms with Crippen molar-refractivity contribution >= 4 is 0 Å². The molecule has 1 aliphatic rings. The lowest BCUT2D eigenvalue weighted by Crippen LogP contribution is -1.80. The van der Waals surface area contributed by atoms with Crippen molar-refractivity contribution in [2.75, 3.05) is 0 Å². The largest absolute Gasteiger partial charge is 0.0807 e. The summed E-state index contributed by atoms with van der Waals surface area (Å²) >= 11 is 0. The van der Waals surface area contributed by atoms with E-state index in [1.54, 1.807) is 0 Å². The van der Waals surface area contributed by atoms with Crippen molar-refractivity contribution in [2.45, 2.75) is 6.42 Å². The highest BCUT2D eigenvalue weighted by Crippen LogP contribution is 2.07. The van der Waals surface area contributed by atoms with E-state index < -0.39 is 0 Å². The van der Waals surface area contributed by atoms with Gasteiger partial charge in [0.05, 0.1) is 0 Å². The minimum atomic E-state index is 0.923. The Labute approximate surface area is 184 Å². The summed E-state index contributed by atoms with van der Waals surface area (Å²) in [5.41, 5.74) is 5.96. The molecule has 0 saturated carbocycles. The lowest BCUT2D eigenvalue weighted by Gasteiger charge is -1.94. The van der Waals surface area contributed by atoms with Crippen molar-refractivity contribution in [3.63, 3.8) is 0 Å². The Hall–Kier alpha value is -4.44. The molecule has 0 amide bonds. The van der Waals surface area contributed by atoms with Gasteiger partial charge in [-0.05, 0) is 73.2 Å². The standard InChI is InChI=1S/C31H20/c1-2-5-9-26(8-4-1)12-14-28-16-20-30(21-17-28)24-25-31-22-18-29(19-23-31)15-13-27-10-6-3-7-11-27/h1-4,6-11,16-23H,5H2. The van der Waals surface area contributed by atoms with Crippen molar-refractivity contribution in [3.05, 3.63) is 143 Å². The van der Waals surface area contributed by atoms with Crippen molar-refractivity contribution in [1.82, 2.24) is 0 Å². The first-order valence-electron chi connectivity index (χ1n) is 10.2. The Kier molecular flexibility index (Phi) is 6.64. The summed E-state index contributed by atoms with van der Waals surface area (Å²) in [5, 5.41) is 0. The fourth-order valence-electron chi connectivity index (χ4n) is 2.90. The third-order valence-electron chi connectivity index (χ3n) is 4.59. The Morgan fingerprint density at radius 1 is 0.452 bits per heavy atom. The third kappa shape index (κ3) is 6.27. The minimum absolute atomic E-state index is 0.923. The topological polar surface area (TPSA) is 0 Å². The molecule has 3 aromatic carbocycles. The van der Waals surface area contributed by atoms with Gasteiger partial charge in [0.15, 0.2) is 0 Å². The molecule has 0 bridgehead atoms. The SMILES string of the molecule is C(#Cc1ccc(C#Cc2ccc(C#Cc3ccccc3)cc2)cc1)C1=CCC=CC=C1. The van der Waals surface area contributed by atoms with Crippen molar-refractivity contribution < 1.29 is 0 Å². The maximum absolute atomic E-state index is 3.22. The van der Waals surface area contributed by atoms with Crippen molar-refractivity contribution in [1.29, 1.82) is 0 Å². The van der Waals surface area contributed by atoms with E-state index in [4.69, 9.17) is 0 Å². The van der Waals surface area contributed by atoms with Crippen LogP contribution in [0.3, 0.4) is 0 Å². The van der Waals surface area contributed by atoms with Crippen LogP contribution < -0.4 is 0 Å². The van der Waals surface area contributed by atoms with Crippen LogP contribution in [0.25, 0.3) is 0 Å². The fourth-order valence-corrected chi connectivity index (χ4v) is 2.90. The zero-order chi connectivity index (χ0) is 21.1. The van der Waals surface area contributed by atoms with Crippen LogP contribution in [-0.4, -0.2) is 0 Å². The zero-order valence-corrected chi connectivity index (χ0v) is 17.1. The van der Waals surface area contributed by atoms with Gasteiger partial charge in [0.25, 0.3) is 0 Å². The highest BCUT2D eigenvalue weighted by atomic mass is 14.0. The predicted octanol–water partition coefficient (Wildman–Crippen LogP) is 6.28. The van der Waals surface area contributed by atoms with Crippen LogP contribution in [0.5, 0.6) is 0 Å². The van der Waals surface area contributed by atoms with E-state index in [1.807, 2.05) is 97.1 Å². The lowest BCUT2D eigenvalue weighted by molar-refractivity contribution is 1.39. The Bertz CT molecular complexity index is 1310. The number of allylic oxidation sites excluding steroid dienone is 6. The summed E-state index contributed by atoms with van der Waals surface area (Å²) in [6, 6.07) is 26.1. The normalized spacial score (nSPS) is 11.5. The van der Waals surface area contributed by atoms with E-state index >= 15 is 0 Å². The summed E-state index contributed by atoms with van der Waals surface area (Å²) < 4.78 is 0.